The van der Waals surface area contributed by atoms with E-state index in [1.54, 1.807) is 0 Å². The maximum Gasteiger partial charge on any atom is 0.0351 e. The summed E-state index contributed by atoms with van der Waals surface area (Å²) in [7, 11) is 0. The second-order valence-electron chi connectivity index (χ2n) is 4.39. The number of rotatable bonds is 1. The molecular weight excluding hydrogens is 224 g/mol. The number of hydrogen-bond acceptors (Lipinski definition) is 1. The standard InChI is InChI=1S/C16H14S/c1-11-5-3-7-14-13(11)6-4-8-15(14)16-10-9-12(2)17-16/h3-10H,1-2H3. The van der Waals surface area contributed by atoms with Gasteiger partial charge in [-0.1, -0.05) is 36.4 Å². The van der Waals surface area contributed by atoms with E-state index in [0.29, 0.717) is 0 Å². The fourth-order valence-corrected chi connectivity index (χ4v) is 3.17. The predicted molar refractivity (Wildman–Crippen MR) is 76.7 cm³/mol. The van der Waals surface area contributed by atoms with Gasteiger partial charge in [0.1, 0.15) is 0 Å². The lowest BCUT2D eigenvalue weighted by Crippen LogP contribution is -1.81. The molecule has 0 bridgehead atoms. The normalized spacial score (nSPS) is 10.9. The van der Waals surface area contributed by atoms with Crippen molar-refractivity contribution in [1.82, 2.24) is 0 Å². The largest absolute Gasteiger partial charge is 0.141 e. The monoisotopic (exact) mass is 238 g/mol. The summed E-state index contributed by atoms with van der Waals surface area (Å²) in [6.07, 6.45) is 0. The van der Waals surface area contributed by atoms with E-state index in [1.807, 2.05) is 11.3 Å². The zero-order chi connectivity index (χ0) is 11.8. The van der Waals surface area contributed by atoms with Crippen LogP contribution in [0.15, 0.2) is 48.5 Å². The molecule has 0 nitrogen and oxygen atoms in total. The lowest BCUT2D eigenvalue weighted by atomic mass is 10.00. The van der Waals surface area contributed by atoms with Crippen LogP contribution in [-0.4, -0.2) is 0 Å². The number of benzene rings is 2. The summed E-state index contributed by atoms with van der Waals surface area (Å²) in [5.74, 6) is 0. The van der Waals surface area contributed by atoms with Gasteiger partial charge >= 0.3 is 0 Å². The summed E-state index contributed by atoms with van der Waals surface area (Å²) in [6.45, 7) is 4.33. The molecule has 1 heteroatoms. The van der Waals surface area contributed by atoms with Crippen LogP contribution in [0.1, 0.15) is 10.4 Å². The Morgan fingerprint density at radius 2 is 1.53 bits per heavy atom. The van der Waals surface area contributed by atoms with Crippen LogP contribution in [-0.2, 0) is 0 Å². The average Bonchev–Trinajstić information content (AvgIpc) is 2.76. The fraction of sp³-hybridized carbons (Fsp3) is 0.125. The van der Waals surface area contributed by atoms with E-state index in [0.717, 1.165) is 0 Å². The minimum Gasteiger partial charge on any atom is -0.141 e. The second-order valence-corrected chi connectivity index (χ2v) is 5.67. The molecule has 0 radical (unpaired) electrons. The van der Waals surface area contributed by atoms with E-state index in [4.69, 9.17) is 0 Å². The van der Waals surface area contributed by atoms with Crippen molar-refractivity contribution in [3.05, 3.63) is 59.0 Å². The van der Waals surface area contributed by atoms with Crippen molar-refractivity contribution in [2.75, 3.05) is 0 Å². The minimum absolute atomic E-state index is 1.35. The zero-order valence-corrected chi connectivity index (χ0v) is 10.8. The smallest absolute Gasteiger partial charge is 0.0351 e. The third-order valence-electron chi connectivity index (χ3n) is 3.15. The molecule has 0 unspecified atom stereocenters. The second kappa shape index (κ2) is 4.01. The Labute approximate surface area is 106 Å². The van der Waals surface area contributed by atoms with E-state index in [-0.39, 0.29) is 0 Å². The zero-order valence-electron chi connectivity index (χ0n) is 10.0. The highest BCUT2D eigenvalue weighted by Crippen LogP contribution is 2.34. The molecule has 17 heavy (non-hydrogen) atoms. The Hall–Kier alpha value is -1.60. The van der Waals surface area contributed by atoms with Gasteiger partial charge in [0.25, 0.3) is 0 Å². The number of aryl methyl sites for hydroxylation is 2. The predicted octanol–water partition coefficient (Wildman–Crippen LogP) is 5.19. The Bertz CT molecular complexity index is 677. The molecule has 0 fully saturated rings. The fourth-order valence-electron chi connectivity index (χ4n) is 2.26. The Morgan fingerprint density at radius 1 is 0.765 bits per heavy atom. The van der Waals surface area contributed by atoms with Crippen LogP contribution in [0.4, 0.5) is 0 Å². The molecule has 0 N–H and O–H groups in total. The van der Waals surface area contributed by atoms with Crippen molar-refractivity contribution >= 4 is 22.1 Å². The third-order valence-corrected chi connectivity index (χ3v) is 4.18. The van der Waals surface area contributed by atoms with E-state index < -0.39 is 0 Å². The summed E-state index contributed by atoms with van der Waals surface area (Å²) in [4.78, 5) is 2.73. The van der Waals surface area contributed by atoms with E-state index >= 15 is 0 Å². The molecule has 3 rings (SSSR count). The molecular formula is C16H14S. The first kappa shape index (κ1) is 10.5. The van der Waals surface area contributed by atoms with Gasteiger partial charge in [0.15, 0.2) is 0 Å². The maximum atomic E-state index is 2.22. The Balaban J connectivity index is 2.34. The maximum absolute atomic E-state index is 2.22. The molecule has 0 amide bonds. The molecule has 0 aliphatic heterocycles. The highest BCUT2D eigenvalue weighted by Gasteiger charge is 2.06. The van der Waals surface area contributed by atoms with Gasteiger partial charge in [0.05, 0.1) is 0 Å². The number of thiophene rings is 1. The van der Waals surface area contributed by atoms with Crippen LogP contribution in [0.25, 0.3) is 21.2 Å². The highest BCUT2D eigenvalue weighted by atomic mass is 32.1. The van der Waals surface area contributed by atoms with Gasteiger partial charge in [-0.25, -0.2) is 0 Å². The Kier molecular flexibility index (Phi) is 2.49. The van der Waals surface area contributed by atoms with Crippen molar-refractivity contribution in [1.29, 1.82) is 0 Å². The van der Waals surface area contributed by atoms with Crippen LogP contribution in [0.2, 0.25) is 0 Å². The molecule has 0 aliphatic rings. The van der Waals surface area contributed by atoms with Crippen LogP contribution in [0.3, 0.4) is 0 Å². The quantitative estimate of drug-likeness (QED) is 0.547. The summed E-state index contributed by atoms with van der Waals surface area (Å²) in [6, 6.07) is 17.5. The lowest BCUT2D eigenvalue weighted by molar-refractivity contribution is 1.53. The van der Waals surface area contributed by atoms with Gasteiger partial charge in [-0.2, -0.15) is 0 Å². The van der Waals surface area contributed by atoms with Gasteiger partial charge in [0, 0.05) is 9.75 Å². The number of fused-ring (bicyclic) bond motifs is 1. The first-order chi connectivity index (χ1) is 8.25. The molecule has 0 atom stereocenters. The molecule has 84 valence electrons. The SMILES string of the molecule is Cc1ccc(-c2cccc3c(C)cccc23)s1. The van der Waals surface area contributed by atoms with Crippen molar-refractivity contribution in [3.63, 3.8) is 0 Å². The Morgan fingerprint density at radius 3 is 2.29 bits per heavy atom. The third kappa shape index (κ3) is 1.77. The van der Waals surface area contributed by atoms with E-state index in [9.17, 15) is 0 Å². The molecule has 2 aromatic carbocycles. The molecule has 3 aromatic rings. The topological polar surface area (TPSA) is 0 Å². The van der Waals surface area contributed by atoms with Crippen LogP contribution >= 0.6 is 11.3 Å². The van der Waals surface area contributed by atoms with Crippen LogP contribution in [0.5, 0.6) is 0 Å². The van der Waals surface area contributed by atoms with Gasteiger partial charge in [-0.15, -0.1) is 11.3 Å². The molecule has 1 heterocycles. The van der Waals surface area contributed by atoms with Gasteiger partial charge in [0.2, 0.25) is 0 Å². The molecule has 0 aliphatic carbocycles. The highest BCUT2D eigenvalue weighted by molar-refractivity contribution is 7.15. The van der Waals surface area contributed by atoms with Crippen molar-refractivity contribution in [2.45, 2.75) is 13.8 Å². The van der Waals surface area contributed by atoms with Gasteiger partial charge in [-0.3, -0.25) is 0 Å². The first-order valence-corrected chi connectivity index (χ1v) is 6.62. The van der Waals surface area contributed by atoms with Crippen LogP contribution < -0.4 is 0 Å². The van der Waals surface area contributed by atoms with Gasteiger partial charge < -0.3 is 0 Å². The lowest BCUT2D eigenvalue weighted by Gasteiger charge is -2.06. The average molecular weight is 238 g/mol. The summed E-state index contributed by atoms with van der Waals surface area (Å²) < 4.78 is 0. The summed E-state index contributed by atoms with van der Waals surface area (Å²) in [5.41, 5.74) is 2.70. The minimum atomic E-state index is 1.35. The molecule has 0 spiro atoms. The van der Waals surface area contributed by atoms with E-state index in [1.165, 1.54) is 31.7 Å². The summed E-state index contributed by atoms with van der Waals surface area (Å²) >= 11 is 1.86. The van der Waals surface area contributed by atoms with Crippen molar-refractivity contribution in [2.24, 2.45) is 0 Å². The van der Waals surface area contributed by atoms with Crippen molar-refractivity contribution in [3.8, 4) is 10.4 Å². The molecule has 0 saturated carbocycles. The molecule has 0 saturated heterocycles. The van der Waals surface area contributed by atoms with Crippen LogP contribution in [0, 0.1) is 13.8 Å². The van der Waals surface area contributed by atoms with Gasteiger partial charge in [-0.05, 0) is 47.9 Å². The summed E-state index contributed by atoms with van der Waals surface area (Å²) in [5, 5.41) is 2.71. The van der Waals surface area contributed by atoms with E-state index in [2.05, 4.69) is 62.4 Å². The number of hydrogen-bond donors (Lipinski definition) is 0. The first-order valence-electron chi connectivity index (χ1n) is 5.81. The van der Waals surface area contributed by atoms with Crippen molar-refractivity contribution < 1.29 is 0 Å². The molecule has 1 aromatic heterocycles.